The summed E-state index contributed by atoms with van der Waals surface area (Å²) >= 11 is 0. The Kier molecular flexibility index (Phi) is 7.87. The van der Waals surface area contributed by atoms with Crippen LogP contribution in [0.2, 0.25) is 0 Å². The quantitative estimate of drug-likeness (QED) is 0.419. The number of nitrogens with zero attached hydrogens (tertiary/aromatic N) is 3. The zero-order chi connectivity index (χ0) is 25.6. The van der Waals surface area contributed by atoms with Crippen molar-refractivity contribution in [2.75, 3.05) is 7.05 Å². The molecule has 0 saturated carbocycles. The van der Waals surface area contributed by atoms with Crippen molar-refractivity contribution in [2.45, 2.75) is 32.7 Å². The first-order valence-corrected chi connectivity index (χ1v) is 11.5. The van der Waals surface area contributed by atoms with Crippen molar-refractivity contribution < 1.29 is 9.59 Å². The molecule has 180 valence electrons. The number of hydrogen-bond donors (Lipinski definition) is 1. The van der Waals surface area contributed by atoms with Gasteiger partial charge in [0, 0.05) is 37.0 Å². The van der Waals surface area contributed by atoms with E-state index >= 15 is 0 Å². The van der Waals surface area contributed by atoms with E-state index in [1.165, 1.54) is 4.90 Å². The predicted octanol–water partition coefficient (Wildman–Crippen LogP) is 5.36. The van der Waals surface area contributed by atoms with Crippen LogP contribution >= 0.6 is 0 Å². The summed E-state index contributed by atoms with van der Waals surface area (Å²) in [6, 6.07) is 9.83. The Morgan fingerprint density at radius 3 is 2.49 bits per heavy atom. The average molecular weight is 469 g/mol. The Hall–Kier alpha value is -4.19. The van der Waals surface area contributed by atoms with Gasteiger partial charge in [-0.25, -0.2) is 4.98 Å². The van der Waals surface area contributed by atoms with Crippen molar-refractivity contribution in [1.82, 2.24) is 19.8 Å². The summed E-state index contributed by atoms with van der Waals surface area (Å²) in [6.07, 6.45) is 14.8. The lowest BCUT2D eigenvalue weighted by Gasteiger charge is -2.39. The van der Waals surface area contributed by atoms with Crippen LogP contribution in [0.25, 0.3) is 23.0 Å². The fourth-order valence-corrected chi connectivity index (χ4v) is 4.15. The van der Waals surface area contributed by atoms with Gasteiger partial charge in [-0.15, -0.1) is 0 Å². The minimum absolute atomic E-state index is 0.199. The SMILES string of the molecule is C=C/C=C(\C=C/C)CC1(C)NC(=O)/C(=C/C(=C/C)c2nc(-c3ccccc3)cn2C=C)N(C)C1=O. The van der Waals surface area contributed by atoms with E-state index < -0.39 is 5.54 Å². The minimum atomic E-state index is -1.08. The molecule has 0 bridgehead atoms. The monoisotopic (exact) mass is 468 g/mol. The van der Waals surface area contributed by atoms with E-state index in [9.17, 15) is 9.59 Å². The summed E-state index contributed by atoms with van der Waals surface area (Å²) in [7, 11) is 1.63. The van der Waals surface area contributed by atoms with E-state index in [-0.39, 0.29) is 17.5 Å². The third-order valence-corrected chi connectivity index (χ3v) is 5.89. The Morgan fingerprint density at radius 1 is 1.17 bits per heavy atom. The summed E-state index contributed by atoms with van der Waals surface area (Å²) in [5, 5.41) is 2.93. The summed E-state index contributed by atoms with van der Waals surface area (Å²) in [5.74, 6) is 0.0998. The van der Waals surface area contributed by atoms with Crippen molar-refractivity contribution in [3.05, 3.63) is 103 Å². The van der Waals surface area contributed by atoms with Crippen LogP contribution in [0.1, 0.15) is 33.0 Å². The van der Waals surface area contributed by atoms with Crippen LogP contribution in [0.3, 0.4) is 0 Å². The molecular formula is C29H32N4O2. The van der Waals surface area contributed by atoms with Gasteiger partial charge in [0.25, 0.3) is 11.8 Å². The maximum absolute atomic E-state index is 13.4. The van der Waals surface area contributed by atoms with Crippen LogP contribution in [0.4, 0.5) is 0 Å². The second-order valence-electron chi connectivity index (χ2n) is 8.48. The number of hydrogen-bond acceptors (Lipinski definition) is 3. The molecule has 35 heavy (non-hydrogen) atoms. The highest BCUT2D eigenvalue weighted by Gasteiger charge is 2.44. The normalized spacial score (nSPS) is 20.5. The molecule has 1 aliphatic rings. The third kappa shape index (κ3) is 5.32. The lowest BCUT2D eigenvalue weighted by atomic mass is 9.88. The largest absolute Gasteiger partial charge is 0.336 e. The van der Waals surface area contributed by atoms with Crippen LogP contribution in [0, 0.1) is 0 Å². The molecule has 2 heterocycles. The molecular weight excluding hydrogens is 436 g/mol. The highest BCUT2D eigenvalue weighted by atomic mass is 16.2. The molecule has 1 unspecified atom stereocenters. The number of carbonyl (C=O) groups excluding carboxylic acids is 2. The summed E-state index contributed by atoms with van der Waals surface area (Å²) < 4.78 is 1.81. The summed E-state index contributed by atoms with van der Waals surface area (Å²) in [4.78, 5) is 32.8. The Labute approximate surface area is 207 Å². The van der Waals surface area contributed by atoms with Gasteiger partial charge in [0.05, 0.1) is 5.69 Å². The molecule has 1 saturated heterocycles. The molecule has 2 aromatic rings. The molecule has 1 N–H and O–H groups in total. The van der Waals surface area contributed by atoms with Crippen LogP contribution < -0.4 is 5.32 Å². The molecule has 1 fully saturated rings. The maximum Gasteiger partial charge on any atom is 0.268 e. The summed E-state index contributed by atoms with van der Waals surface area (Å²) in [5.41, 5.74) is 2.53. The van der Waals surface area contributed by atoms with Gasteiger partial charge in [-0.1, -0.05) is 73.9 Å². The van der Waals surface area contributed by atoms with Gasteiger partial charge in [0.1, 0.15) is 17.1 Å². The van der Waals surface area contributed by atoms with E-state index in [1.807, 2.05) is 79.2 Å². The number of likely N-dealkylation sites (N-methyl/N-ethyl adjacent to an activating group) is 1. The molecule has 0 radical (unpaired) electrons. The first-order valence-electron chi connectivity index (χ1n) is 11.5. The molecule has 1 aliphatic heterocycles. The lowest BCUT2D eigenvalue weighted by Crippen LogP contribution is -2.63. The number of piperazine rings is 1. The molecule has 6 heteroatoms. The van der Waals surface area contributed by atoms with Gasteiger partial charge in [0.2, 0.25) is 0 Å². The van der Waals surface area contributed by atoms with E-state index in [0.29, 0.717) is 17.8 Å². The molecule has 3 rings (SSSR count). The van der Waals surface area contributed by atoms with Gasteiger partial charge in [-0.2, -0.15) is 0 Å². The maximum atomic E-state index is 13.4. The van der Waals surface area contributed by atoms with Gasteiger partial charge < -0.3 is 14.8 Å². The van der Waals surface area contributed by atoms with Gasteiger partial charge >= 0.3 is 0 Å². The lowest BCUT2D eigenvalue weighted by molar-refractivity contribution is -0.143. The van der Waals surface area contributed by atoms with E-state index in [4.69, 9.17) is 4.98 Å². The van der Waals surface area contributed by atoms with Gasteiger partial charge in [-0.05, 0) is 32.4 Å². The first kappa shape index (κ1) is 25.4. The van der Waals surface area contributed by atoms with Gasteiger partial charge in [0.15, 0.2) is 0 Å². The number of amides is 2. The molecule has 1 aromatic carbocycles. The second-order valence-corrected chi connectivity index (χ2v) is 8.48. The van der Waals surface area contributed by atoms with Gasteiger partial charge in [-0.3, -0.25) is 9.59 Å². The minimum Gasteiger partial charge on any atom is -0.336 e. The number of allylic oxidation sites excluding steroid dienone is 7. The van der Waals surface area contributed by atoms with Crippen molar-refractivity contribution in [2.24, 2.45) is 0 Å². The number of rotatable bonds is 8. The molecule has 6 nitrogen and oxygen atoms in total. The predicted molar refractivity (Wildman–Crippen MR) is 143 cm³/mol. The fourth-order valence-electron chi connectivity index (χ4n) is 4.15. The molecule has 0 aliphatic carbocycles. The fraction of sp³-hybridized carbons (Fsp3) is 0.207. The number of carbonyl (C=O) groups is 2. The van der Waals surface area contributed by atoms with Crippen molar-refractivity contribution in [1.29, 1.82) is 0 Å². The van der Waals surface area contributed by atoms with Crippen LogP contribution in [-0.2, 0) is 9.59 Å². The standard InChI is InChI=1S/C29H32N4O2/c1-7-14-21(15-8-2)19-29(5)28(35)32(6)25(27(34)31-29)18-22(9-3)26-30-24(20-33(26)10-4)23-16-12-11-13-17-23/h7-18,20H,1,4,19H2,2-3,5-6H3,(H,31,34)/b15-8-,21-14+,22-9-,25-18-. The van der Waals surface area contributed by atoms with Crippen LogP contribution in [0.5, 0.6) is 0 Å². The number of benzene rings is 1. The number of nitrogens with one attached hydrogen (secondary N) is 1. The van der Waals surface area contributed by atoms with Crippen LogP contribution in [0.15, 0.2) is 97.4 Å². The Morgan fingerprint density at radius 2 is 1.89 bits per heavy atom. The third-order valence-electron chi connectivity index (χ3n) is 5.89. The second kappa shape index (κ2) is 10.8. The zero-order valence-electron chi connectivity index (χ0n) is 20.8. The van der Waals surface area contributed by atoms with E-state index in [1.54, 1.807) is 32.3 Å². The van der Waals surface area contributed by atoms with Crippen molar-refractivity contribution in [3.63, 3.8) is 0 Å². The van der Waals surface area contributed by atoms with Crippen molar-refractivity contribution in [3.8, 4) is 11.3 Å². The zero-order valence-corrected chi connectivity index (χ0v) is 20.8. The van der Waals surface area contributed by atoms with E-state index in [0.717, 1.165) is 16.8 Å². The summed E-state index contributed by atoms with van der Waals surface area (Å²) in [6.45, 7) is 13.2. The highest BCUT2D eigenvalue weighted by molar-refractivity contribution is 6.07. The highest BCUT2D eigenvalue weighted by Crippen LogP contribution is 2.29. The average Bonchev–Trinajstić information content (AvgIpc) is 3.28. The number of imidazole rings is 1. The molecule has 2 amide bonds. The Balaban J connectivity index is 1.96. The Bertz CT molecular complexity index is 1260. The van der Waals surface area contributed by atoms with Crippen LogP contribution in [-0.4, -0.2) is 38.9 Å². The topological polar surface area (TPSA) is 67.2 Å². The molecule has 1 aromatic heterocycles. The molecule has 0 spiro atoms. The smallest absolute Gasteiger partial charge is 0.268 e. The first-order chi connectivity index (χ1) is 16.8. The van der Waals surface area contributed by atoms with Crippen molar-refractivity contribution >= 4 is 23.6 Å². The van der Waals surface area contributed by atoms with E-state index in [2.05, 4.69) is 18.5 Å². The number of aromatic nitrogens is 2. The molecule has 1 atom stereocenters.